The van der Waals surface area contributed by atoms with Gasteiger partial charge in [-0.3, -0.25) is 9.89 Å². The van der Waals surface area contributed by atoms with Gasteiger partial charge in [-0.2, -0.15) is 0 Å². The van der Waals surface area contributed by atoms with Crippen molar-refractivity contribution in [2.45, 2.75) is 44.7 Å². The molecule has 2 rings (SSSR count). The van der Waals surface area contributed by atoms with Gasteiger partial charge >= 0.3 is 0 Å². The molecule has 1 fully saturated rings. The van der Waals surface area contributed by atoms with E-state index >= 15 is 0 Å². The molecule has 1 heterocycles. The maximum absolute atomic E-state index is 11.8. The molecule has 0 saturated carbocycles. The number of hydrogen-bond acceptors (Lipinski definition) is 5. The fraction of sp³-hybridized carbons (Fsp3) is 0.667. The number of morpholine rings is 1. The van der Waals surface area contributed by atoms with Crippen molar-refractivity contribution in [2.75, 3.05) is 46.2 Å². The minimum atomic E-state index is -3.20. The maximum Gasteiger partial charge on any atom is 0.191 e. The highest BCUT2D eigenvalue weighted by Crippen LogP contribution is 2.16. The molecule has 1 saturated heterocycles. The van der Waals surface area contributed by atoms with Crippen LogP contribution in [0.5, 0.6) is 0 Å². The molecule has 9 heteroatoms. The van der Waals surface area contributed by atoms with Crippen LogP contribution >= 0.6 is 24.0 Å². The first-order valence-corrected chi connectivity index (χ1v) is 12.2. The molecule has 0 radical (unpaired) electrons. The van der Waals surface area contributed by atoms with Gasteiger partial charge in [-0.1, -0.05) is 26.0 Å². The fourth-order valence-electron chi connectivity index (χ4n) is 3.71. The third-order valence-corrected chi connectivity index (χ3v) is 6.39. The van der Waals surface area contributed by atoms with Crippen molar-refractivity contribution in [1.82, 2.24) is 15.5 Å². The molecule has 1 aromatic rings. The summed E-state index contributed by atoms with van der Waals surface area (Å²) in [6.45, 7) is 11.3. The van der Waals surface area contributed by atoms with Crippen molar-refractivity contribution in [3.63, 3.8) is 0 Å². The third kappa shape index (κ3) is 8.68. The van der Waals surface area contributed by atoms with Crippen LogP contribution in [0.25, 0.3) is 0 Å². The molecule has 1 unspecified atom stereocenters. The summed E-state index contributed by atoms with van der Waals surface area (Å²) in [5.41, 5.74) is 1.78. The summed E-state index contributed by atoms with van der Waals surface area (Å²) in [6.07, 6.45) is 2.36. The zero-order chi connectivity index (χ0) is 21.4. The number of aryl methyl sites for hydroxylation is 1. The molecule has 0 aliphatic carbocycles. The lowest BCUT2D eigenvalue weighted by atomic mass is 10.0. The predicted molar refractivity (Wildman–Crippen MR) is 134 cm³/mol. The van der Waals surface area contributed by atoms with Crippen LogP contribution in [0, 0.1) is 12.8 Å². The average Bonchev–Trinajstić information content (AvgIpc) is 2.66. The maximum atomic E-state index is 11.8. The van der Waals surface area contributed by atoms with Gasteiger partial charge in [0.1, 0.15) is 0 Å². The zero-order valence-electron chi connectivity index (χ0n) is 18.8. The number of nitrogens with one attached hydrogen (secondary N) is 2. The molecule has 172 valence electrons. The highest BCUT2D eigenvalue weighted by Gasteiger charge is 2.22. The molecule has 1 atom stereocenters. The molecule has 1 aliphatic rings. The number of rotatable bonds is 8. The fourth-order valence-corrected chi connectivity index (χ4v) is 4.67. The Bertz CT molecular complexity index is 793. The zero-order valence-corrected chi connectivity index (χ0v) is 21.9. The van der Waals surface area contributed by atoms with Crippen LogP contribution in [0.15, 0.2) is 28.1 Å². The molecular weight excluding hydrogens is 515 g/mol. The molecular formula is C21H37IN4O3S. The highest BCUT2D eigenvalue weighted by atomic mass is 127. The van der Waals surface area contributed by atoms with Crippen LogP contribution in [0.1, 0.15) is 31.4 Å². The van der Waals surface area contributed by atoms with Crippen LogP contribution in [0.4, 0.5) is 0 Å². The van der Waals surface area contributed by atoms with Crippen molar-refractivity contribution < 1.29 is 13.2 Å². The number of benzene rings is 1. The van der Waals surface area contributed by atoms with E-state index in [4.69, 9.17) is 4.74 Å². The second-order valence-electron chi connectivity index (χ2n) is 8.11. The number of aliphatic imine (C=N–C) groups is 1. The molecule has 0 aromatic heterocycles. The molecule has 7 nitrogen and oxygen atoms in total. The second-order valence-corrected chi connectivity index (χ2v) is 10.1. The summed E-state index contributed by atoms with van der Waals surface area (Å²) >= 11 is 0. The summed E-state index contributed by atoms with van der Waals surface area (Å²) in [5, 5.41) is 6.78. The molecule has 0 spiro atoms. The van der Waals surface area contributed by atoms with Crippen molar-refractivity contribution in [3.8, 4) is 0 Å². The Morgan fingerprint density at radius 1 is 1.23 bits per heavy atom. The molecule has 1 aliphatic heterocycles. The van der Waals surface area contributed by atoms with E-state index in [1.54, 1.807) is 13.1 Å². The molecule has 0 amide bonds. The number of sulfone groups is 1. The lowest BCUT2D eigenvalue weighted by Gasteiger charge is -2.35. The Hall–Kier alpha value is -0.910. The minimum absolute atomic E-state index is 0. The minimum Gasteiger partial charge on any atom is -0.379 e. The van der Waals surface area contributed by atoms with Gasteiger partial charge in [-0.05, 0) is 36.5 Å². The Morgan fingerprint density at radius 3 is 2.43 bits per heavy atom. The summed E-state index contributed by atoms with van der Waals surface area (Å²) < 4.78 is 29.0. The van der Waals surface area contributed by atoms with E-state index < -0.39 is 9.84 Å². The SMILES string of the molecule is CN=C(NCc1ccc(S(C)(=O)=O)c(C)c1)NCC(CC(C)C)N1CCOCC1.I. The van der Waals surface area contributed by atoms with Crippen LogP contribution in [-0.4, -0.2) is 71.5 Å². The molecule has 1 aromatic carbocycles. The van der Waals surface area contributed by atoms with Crippen molar-refractivity contribution in [2.24, 2.45) is 10.9 Å². The lowest BCUT2D eigenvalue weighted by molar-refractivity contribution is 0.0132. The Kier molecular flexibility index (Phi) is 11.6. The third-order valence-electron chi connectivity index (χ3n) is 5.13. The van der Waals surface area contributed by atoms with Crippen molar-refractivity contribution >= 4 is 39.8 Å². The van der Waals surface area contributed by atoms with E-state index in [0.717, 1.165) is 56.4 Å². The number of ether oxygens (including phenoxy) is 1. The highest BCUT2D eigenvalue weighted by molar-refractivity contribution is 14.0. The van der Waals surface area contributed by atoms with E-state index in [0.29, 0.717) is 23.4 Å². The van der Waals surface area contributed by atoms with Gasteiger partial charge in [-0.15, -0.1) is 24.0 Å². The van der Waals surface area contributed by atoms with Gasteiger partial charge < -0.3 is 15.4 Å². The van der Waals surface area contributed by atoms with E-state index in [2.05, 4.69) is 34.4 Å². The smallest absolute Gasteiger partial charge is 0.191 e. The summed E-state index contributed by atoms with van der Waals surface area (Å²) in [6, 6.07) is 5.87. The monoisotopic (exact) mass is 552 g/mol. The predicted octanol–water partition coefficient (Wildman–Crippen LogP) is 2.43. The van der Waals surface area contributed by atoms with Gasteiger partial charge in [0.2, 0.25) is 0 Å². The summed E-state index contributed by atoms with van der Waals surface area (Å²) in [5.74, 6) is 1.37. The van der Waals surface area contributed by atoms with Crippen LogP contribution in [-0.2, 0) is 21.1 Å². The van der Waals surface area contributed by atoms with Crippen LogP contribution in [0.2, 0.25) is 0 Å². The van der Waals surface area contributed by atoms with E-state index in [1.165, 1.54) is 6.26 Å². The van der Waals surface area contributed by atoms with Gasteiger partial charge in [0.15, 0.2) is 15.8 Å². The summed E-state index contributed by atoms with van der Waals surface area (Å²) in [7, 11) is -1.43. The van der Waals surface area contributed by atoms with E-state index in [-0.39, 0.29) is 24.0 Å². The van der Waals surface area contributed by atoms with Gasteiger partial charge in [0, 0.05) is 45.5 Å². The van der Waals surface area contributed by atoms with Crippen molar-refractivity contribution in [3.05, 3.63) is 29.3 Å². The summed E-state index contributed by atoms with van der Waals surface area (Å²) in [4.78, 5) is 7.21. The van der Waals surface area contributed by atoms with Gasteiger partial charge in [-0.25, -0.2) is 8.42 Å². The first-order chi connectivity index (χ1) is 13.7. The largest absolute Gasteiger partial charge is 0.379 e. The number of hydrogen-bond donors (Lipinski definition) is 2. The second kappa shape index (κ2) is 12.8. The molecule has 0 bridgehead atoms. The van der Waals surface area contributed by atoms with Crippen molar-refractivity contribution in [1.29, 1.82) is 0 Å². The standard InChI is InChI=1S/C21H36N4O3S.HI/c1-16(2)12-19(25-8-10-28-11-9-25)15-24-21(22-4)23-14-18-6-7-20(17(3)13-18)29(5,26)27;/h6-7,13,16,19H,8-12,14-15H2,1-5H3,(H2,22,23,24);1H. The number of halogens is 1. The van der Waals surface area contributed by atoms with Crippen LogP contribution in [0.3, 0.4) is 0 Å². The number of nitrogens with zero attached hydrogens (tertiary/aromatic N) is 2. The van der Waals surface area contributed by atoms with E-state index in [1.807, 2.05) is 19.1 Å². The van der Waals surface area contributed by atoms with Gasteiger partial charge in [0.25, 0.3) is 0 Å². The first kappa shape index (κ1) is 27.1. The normalized spacial score (nSPS) is 16.8. The molecule has 30 heavy (non-hydrogen) atoms. The Morgan fingerprint density at radius 2 is 1.90 bits per heavy atom. The Labute approximate surface area is 199 Å². The van der Waals surface area contributed by atoms with E-state index in [9.17, 15) is 8.42 Å². The first-order valence-electron chi connectivity index (χ1n) is 10.3. The van der Waals surface area contributed by atoms with Crippen LogP contribution < -0.4 is 10.6 Å². The van der Waals surface area contributed by atoms with Gasteiger partial charge in [0.05, 0.1) is 18.1 Å². The Balaban J connectivity index is 0.00000450. The molecule has 2 N–H and O–H groups in total. The lowest BCUT2D eigenvalue weighted by Crippen LogP contribution is -2.50. The quantitative estimate of drug-likeness (QED) is 0.293. The average molecular weight is 553 g/mol. The topological polar surface area (TPSA) is 83.0 Å². The number of guanidine groups is 1.